The summed E-state index contributed by atoms with van der Waals surface area (Å²) in [7, 11) is 1.90. The number of aryl methyl sites for hydroxylation is 1. The first-order chi connectivity index (χ1) is 9.13. The van der Waals surface area contributed by atoms with E-state index in [-0.39, 0.29) is 0 Å². The zero-order valence-corrected chi connectivity index (χ0v) is 11.8. The van der Waals surface area contributed by atoms with Gasteiger partial charge in [0.2, 0.25) is 0 Å². The maximum atomic E-state index is 6.17. The van der Waals surface area contributed by atoms with Gasteiger partial charge in [0.25, 0.3) is 0 Å². The minimum atomic E-state index is 0.494. The molecule has 0 aliphatic heterocycles. The molecule has 2 aromatic rings. The quantitative estimate of drug-likeness (QED) is 0.873. The summed E-state index contributed by atoms with van der Waals surface area (Å²) < 4.78 is 1.78. The van der Waals surface area contributed by atoms with Crippen molar-refractivity contribution in [2.24, 2.45) is 7.05 Å². The average Bonchev–Trinajstić information content (AvgIpc) is 3.15. The van der Waals surface area contributed by atoms with E-state index in [1.54, 1.807) is 4.68 Å². The van der Waals surface area contributed by atoms with Crippen molar-refractivity contribution in [1.82, 2.24) is 19.7 Å². The number of aromatic nitrogens is 4. The molecule has 19 heavy (non-hydrogen) atoms. The smallest absolute Gasteiger partial charge is 0.137 e. The van der Waals surface area contributed by atoms with E-state index in [9.17, 15) is 0 Å². The highest BCUT2D eigenvalue weighted by atomic mass is 35.5. The normalized spacial score (nSPS) is 14.7. The third-order valence-electron chi connectivity index (χ3n) is 3.25. The van der Waals surface area contributed by atoms with Crippen LogP contribution in [-0.4, -0.2) is 19.7 Å². The number of halogens is 1. The van der Waals surface area contributed by atoms with Crippen LogP contribution in [0.5, 0.6) is 0 Å². The predicted octanol–water partition coefficient (Wildman–Crippen LogP) is 2.66. The van der Waals surface area contributed by atoms with Crippen LogP contribution in [0, 0.1) is 6.92 Å². The molecule has 1 N–H and O–H groups in total. The lowest BCUT2D eigenvalue weighted by molar-refractivity contribution is 0.746. The third kappa shape index (κ3) is 2.71. The molecule has 0 unspecified atom stereocenters. The van der Waals surface area contributed by atoms with Crippen molar-refractivity contribution in [3.05, 3.63) is 34.5 Å². The number of rotatable bonds is 4. The molecule has 3 rings (SSSR count). The van der Waals surface area contributed by atoms with Crippen molar-refractivity contribution in [3.8, 4) is 0 Å². The lowest BCUT2D eigenvalue weighted by Gasteiger charge is -2.10. The van der Waals surface area contributed by atoms with Gasteiger partial charge < -0.3 is 5.32 Å². The SMILES string of the molecule is Cc1c(Cl)nc(C2CC2)nc1NCc1ccn(C)n1. The molecule has 2 aromatic heterocycles. The van der Waals surface area contributed by atoms with Crippen molar-refractivity contribution in [2.45, 2.75) is 32.2 Å². The van der Waals surface area contributed by atoms with Crippen molar-refractivity contribution in [2.75, 3.05) is 5.32 Å². The van der Waals surface area contributed by atoms with Crippen LogP contribution in [0.1, 0.15) is 35.8 Å². The van der Waals surface area contributed by atoms with Gasteiger partial charge in [0.05, 0.1) is 12.2 Å². The zero-order valence-electron chi connectivity index (χ0n) is 11.0. The molecule has 2 heterocycles. The molecule has 1 fully saturated rings. The Morgan fingerprint density at radius 3 is 2.84 bits per heavy atom. The number of nitrogens with zero attached hydrogens (tertiary/aromatic N) is 4. The van der Waals surface area contributed by atoms with Crippen LogP contribution in [0.15, 0.2) is 12.3 Å². The molecule has 1 aliphatic rings. The topological polar surface area (TPSA) is 55.6 Å². The summed E-state index contributed by atoms with van der Waals surface area (Å²) in [6.07, 6.45) is 4.25. The Morgan fingerprint density at radius 2 is 2.21 bits per heavy atom. The number of nitrogens with one attached hydrogen (secondary N) is 1. The first-order valence-corrected chi connectivity index (χ1v) is 6.77. The second-order valence-electron chi connectivity index (χ2n) is 4.95. The second-order valence-corrected chi connectivity index (χ2v) is 5.31. The standard InChI is InChI=1S/C13H16ClN5/c1-8-11(14)16-13(9-3-4-9)17-12(8)15-7-10-5-6-19(2)18-10/h5-6,9H,3-4,7H2,1-2H3,(H,15,16,17). The molecule has 1 aliphatic carbocycles. The molecule has 0 amide bonds. The van der Waals surface area contributed by atoms with E-state index in [0.29, 0.717) is 17.6 Å². The van der Waals surface area contributed by atoms with Gasteiger partial charge >= 0.3 is 0 Å². The van der Waals surface area contributed by atoms with Gasteiger partial charge in [0.15, 0.2) is 0 Å². The summed E-state index contributed by atoms with van der Waals surface area (Å²) in [6.45, 7) is 2.57. The van der Waals surface area contributed by atoms with Gasteiger partial charge in [-0.2, -0.15) is 5.10 Å². The van der Waals surface area contributed by atoms with Gasteiger partial charge in [-0.15, -0.1) is 0 Å². The van der Waals surface area contributed by atoms with Crippen LogP contribution in [0.4, 0.5) is 5.82 Å². The fourth-order valence-corrected chi connectivity index (χ4v) is 2.11. The van der Waals surface area contributed by atoms with Crippen LogP contribution in [0.2, 0.25) is 5.15 Å². The number of hydrogen-bond acceptors (Lipinski definition) is 4. The van der Waals surface area contributed by atoms with Gasteiger partial charge in [-0.25, -0.2) is 9.97 Å². The van der Waals surface area contributed by atoms with Crippen LogP contribution < -0.4 is 5.32 Å². The van der Waals surface area contributed by atoms with E-state index < -0.39 is 0 Å². The largest absolute Gasteiger partial charge is 0.364 e. The monoisotopic (exact) mass is 277 g/mol. The summed E-state index contributed by atoms with van der Waals surface area (Å²) in [6, 6.07) is 1.98. The second kappa shape index (κ2) is 4.81. The maximum Gasteiger partial charge on any atom is 0.137 e. The fourth-order valence-electron chi connectivity index (χ4n) is 1.93. The summed E-state index contributed by atoms with van der Waals surface area (Å²) in [5.41, 5.74) is 1.87. The lowest BCUT2D eigenvalue weighted by Crippen LogP contribution is -2.07. The number of anilines is 1. The Hall–Kier alpha value is -1.62. The predicted molar refractivity (Wildman–Crippen MR) is 74.3 cm³/mol. The lowest BCUT2D eigenvalue weighted by atomic mass is 10.3. The minimum Gasteiger partial charge on any atom is -0.364 e. The highest BCUT2D eigenvalue weighted by Gasteiger charge is 2.28. The minimum absolute atomic E-state index is 0.494. The molecule has 1 saturated carbocycles. The molecule has 0 saturated heterocycles. The molecule has 6 heteroatoms. The van der Waals surface area contributed by atoms with E-state index in [1.807, 2.05) is 26.2 Å². The van der Waals surface area contributed by atoms with Gasteiger partial charge in [0, 0.05) is 24.7 Å². The van der Waals surface area contributed by atoms with Gasteiger partial charge in [0.1, 0.15) is 16.8 Å². The summed E-state index contributed by atoms with van der Waals surface area (Å²) in [4.78, 5) is 8.92. The first-order valence-electron chi connectivity index (χ1n) is 6.40. The number of hydrogen-bond donors (Lipinski definition) is 1. The van der Waals surface area contributed by atoms with Crippen molar-refractivity contribution < 1.29 is 0 Å². The van der Waals surface area contributed by atoms with E-state index >= 15 is 0 Å². The van der Waals surface area contributed by atoms with Gasteiger partial charge in [-0.1, -0.05) is 11.6 Å². The Morgan fingerprint density at radius 1 is 1.42 bits per heavy atom. The van der Waals surface area contributed by atoms with Crippen molar-refractivity contribution in [3.63, 3.8) is 0 Å². The van der Waals surface area contributed by atoms with Gasteiger partial charge in [-0.05, 0) is 25.8 Å². The van der Waals surface area contributed by atoms with Crippen LogP contribution in [0.25, 0.3) is 0 Å². The first kappa shape index (κ1) is 12.4. The van der Waals surface area contributed by atoms with E-state index in [1.165, 1.54) is 12.8 Å². The average molecular weight is 278 g/mol. The Kier molecular flexibility index (Phi) is 3.14. The fraction of sp³-hybridized carbons (Fsp3) is 0.462. The van der Waals surface area contributed by atoms with Gasteiger partial charge in [-0.3, -0.25) is 4.68 Å². The molecule has 0 atom stereocenters. The van der Waals surface area contributed by atoms with Crippen LogP contribution >= 0.6 is 11.6 Å². The third-order valence-corrected chi connectivity index (χ3v) is 3.62. The zero-order chi connectivity index (χ0) is 13.4. The molecular weight excluding hydrogens is 262 g/mol. The summed E-state index contributed by atoms with van der Waals surface area (Å²) >= 11 is 6.17. The van der Waals surface area contributed by atoms with E-state index in [4.69, 9.17) is 11.6 Å². The Labute approximate surface area is 117 Å². The summed E-state index contributed by atoms with van der Waals surface area (Å²) in [5, 5.41) is 8.16. The molecule has 0 bridgehead atoms. The molecule has 100 valence electrons. The highest BCUT2D eigenvalue weighted by molar-refractivity contribution is 6.30. The Balaban J connectivity index is 1.79. The molecule has 0 aromatic carbocycles. The Bertz CT molecular complexity index is 603. The van der Waals surface area contributed by atoms with Crippen LogP contribution in [-0.2, 0) is 13.6 Å². The highest BCUT2D eigenvalue weighted by Crippen LogP contribution is 2.39. The van der Waals surface area contributed by atoms with Crippen molar-refractivity contribution >= 4 is 17.4 Å². The van der Waals surface area contributed by atoms with Crippen LogP contribution in [0.3, 0.4) is 0 Å². The maximum absolute atomic E-state index is 6.17. The van der Waals surface area contributed by atoms with E-state index in [2.05, 4.69) is 20.4 Å². The summed E-state index contributed by atoms with van der Waals surface area (Å²) in [5.74, 6) is 2.17. The molecular formula is C13H16ClN5. The van der Waals surface area contributed by atoms with Crippen molar-refractivity contribution in [1.29, 1.82) is 0 Å². The van der Waals surface area contributed by atoms with E-state index in [0.717, 1.165) is 22.9 Å². The molecule has 0 radical (unpaired) electrons. The molecule has 0 spiro atoms. The molecule has 5 nitrogen and oxygen atoms in total.